The van der Waals surface area contributed by atoms with E-state index < -0.39 is 16.1 Å². The summed E-state index contributed by atoms with van der Waals surface area (Å²) < 4.78 is 27.5. The van der Waals surface area contributed by atoms with Crippen molar-refractivity contribution in [3.8, 4) is 0 Å². The van der Waals surface area contributed by atoms with E-state index in [1.807, 2.05) is 38.1 Å². The van der Waals surface area contributed by atoms with E-state index in [0.717, 1.165) is 16.7 Å². The maximum atomic E-state index is 12.4. The van der Waals surface area contributed by atoms with Crippen molar-refractivity contribution in [2.75, 3.05) is 5.73 Å². The van der Waals surface area contributed by atoms with Crippen molar-refractivity contribution in [3.63, 3.8) is 0 Å². The summed E-state index contributed by atoms with van der Waals surface area (Å²) in [6.45, 7) is 5.63. The average Bonchev–Trinajstić information content (AvgIpc) is 2.41. The van der Waals surface area contributed by atoms with Crippen molar-refractivity contribution in [3.05, 3.63) is 59.2 Å². The van der Waals surface area contributed by atoms with Crippen LogP contribution in [0.1, 0.15) is 29.7 Å². The van der Waals surface area contributed by atoms with E-state index >= 15 is 0 Å². The quantitative estimate of drug-likeness (QED) is 0.853. The van der Waals surface area contributed by atoms with Crippen molar-refractivity contribution >= 4 is 15.7 Å². The minimum Gasteiger partial charge on any atom is -0.398 e. The van der Waals surface area contributed by atoms with Crippen LogP contribution < -0.4 is 10.5 Å². The topological polar surface area (TPSA) is 72.2 Å². The second-order valence-corrected chi connectivity index (χ2v) is 6.93. The van der Waals surface area contributed by atoms with Gasteiger partial charge in [-0.1, -0.05) is 24.3 Å². The lowest BCUT2D eigenvalue weighted by Gasteiger charge is -2.17. The Morgan fingerprint density at radius 3 is 2.33 bits per heavy atom. The molecule has 0 amide bonds. The number of anilines is 1. The number of nitrogens with one attached hydrogen (secondary N) is 1. The molecular weight excluding hydrogens is 284 g/mol. The number of hydrogen-bond acceptors (Lipinski definition) is 3. The van der Waals surface area contributed by atoms with Gasteiger partial charge in [0.15, 0.2) is 0 Å². The average molecular weight is 304 g/mol. The Bertz CT molecular complexity index is 755. The van der Waals surface area contributed by atoms with Gasteiger partial charge >= 0.3 is 0 Å². The van der Waals surface area contributed by atoms with Crippen LogP contribution in [-0.4, -0.2) is 8.42 Å². The van der Waals surface area contributed by atoms with Crippen LogP contribution in [0.15, 0.2) is 47.4 Å². The predicted octanol–water partition coefficient (Wildman–Crippen LogP) is 2.93. The molecular formula is C16H20N2O2S. The first-order chi connectivity index (χ1) is 9.81. The van der Waals surface area contributed by atoms with Crippen LogP contribution >= 0.6 is 0 Å². The molecule has 3 N–H and O–H groups in total. The van der Waals surface area contributed by atoms with Crippen molar-refractivity contribution in [2.45, 2.75) is 31.7 Å². The highest BCUT2D eigenvalue weighted by Crippen LogP contribution is 2.22. The van der Waals surface area contributed by atoms with Crippen LogP contribution in [0, 0.1) is 13.8 Å². The summed E-state index contributed by atoms with van der Waals surface area (Å²) in [5.41, 5.74) is 9.25. The lowest BCUT2D eigenvalue weighted by Crippen LogP contribution is -2.27. The Hall–Kier alpha value is -1.85. The molecule has 2 aromatic carbocycles. The smallest absolute Gasteiger partial charge is 0.241 e. The van der Waals surface area contributed by atoms with Crippen LogP contribution in [0.4, 0.5) is 5.69 Å². The standard InChI is InChI=1S/C16H20N2O2S/c1-11-8-9-14(10-12(11)2)21(19,20)18-13(3)15-6-4-5-7-16(15)17/h4-10,13,18H,17H2,1-3H3. The van der Waals surface area contributed by atoms with Crippen molar-refractivity contribution in [1.29, 1.82) is 0 Å². The van der Waals surface area contributed by atoms with E-state index in [9.17, 15) is 8.42 Å². The summed E-state index contributed by atoms with van der Waals surface area (Å²) in [6.07, 6.45) is 0. The van der Waals surface area contributed by atoms with Gasteiger partial charge in [0.1, 0.15) is 0 Å². The number of sulfonamides is 1. The Labute approximate surface area is 126 Å². The van der Waals surface area contributed by atoms with E-state index in [4.69, 9.17) is 5.73 Å². The molecule has 0 bridgehead atoms. The molecule has 1 atom stereocenters. The van der Waals surface area contributed by atoms with Gasteiger partial charge in [0.25, 0.3) is 0 Å². The molecule has 4 nitrogen and oxygen atoms in total. The maximum Gasteiger partial charge on any atom is 0.241 e. The number of aryl methyl sites for hydroxylation is 2. The molecule has 0 saturated carbocycles. The van der Waals surface area contributed by atoms with Crippen molar-refractivity contribution < 1.29 is 8.42 Å². The zero-order valence-electron chi connectivity index (χ0n) is 12.4. The minimum absolute atomic E-state index is 0.270. The highest BCUT2D eigenvalue weighted by Gasteiger charge is 2.19. The zero-order chi connectivity index (χ0) is 15.6. The molecule has 0 heterocycles. The van der Waals surface area contributed by atoms with Gasteiger partial charge in [0, 0.05) is 11.7 Å². The highest BCUT2D eigenvalue weighted by molar-refractivity contribution is 7.89. The van der Waals surface area contributed by atoms with E-state index in [0.29, 0.717) is 5.69 Å². The molecule has 0 aliphatic rings. The first-order valence-corrected chi connectivity index (χ1v) is 8.23. The van der Waals surface area contributed by atoms with E-state index in [1.54, 1.807) is 25.1 Å². The molecule has 0 aromatic heterocycles. The number of hydrogen-bond donors (Lipinski definition) is 2. The minimum atomic E-state index is -3.57. The molecule has 112 valence electrons. The molecule has 0 aliphatic heterocycles. The zero-order valence-corrected chi connectivity index (χ0v) is 13.2. The number of benzene rings is 2. The summed E-state index contributed by atoms with van der Waals surface area (Å²) in [5.74, 6) is 0. The largest absolute Gasteiger partial charge is 0.398 e. The fraction of sp³-hybridized carbons (Fsp3) is 0.250. The second-order valence-electron chi connectivity index (χ2n) is 5.22. The van der Waals surface area contributed by atoms with Gasteiger partial charge in [-0.3, -0.25) is 0 Å². The Morgan fingerprint density at radius 1 is 1.05 bits per heavy atom. The number of nitrogen functional groups attached to an aromatic ring is 1. The van der Waals surface area contributed by atoms with Crippen LogP contribution in [0.5, 0.6) is 0 Å². The Kier molecular flexibility index (Phi) is 4.34. The second kappa shape index (κ2) is 5.87. The van der Waals surface area contributed by atoms with Gasteiger partial charge in [0.2, 0.25) is 10.0 Å². The molecule has 2 rings (SSSR count). The molecule has 1 unspecified atom stereocenters. The molecule has 0 fully saturated rings. The van der Waals surface area contributed by atoms with Crippen LogP contribution in [0.3, 0.4) is 0 Å². The van der Waals surface area contributed by atoms with E-state index in [2.05, 4.69) is 4.72 Å². The fourth-order valence-electron chi connectivity index (χ4n) is 2.15. The van der Waals surface area contributed by atoms with Gasteiger partial charge in [-0.15, -0.1) is 0 Å². The fourth-order valence-corrected chi connectivity index (χ4v) is 3.46. The molecule has 0 spiro atoms. The Morgan fingerprint density at radius 2 is 1.71 bits per heavy atom. The van der Waals surface area contributed by atoms with Crippen molar-refractivity contribution in [2.24, 2.45) is 0 Å². The Balaban J connectivity index is 2.29. The molecule has 0 radical (unpaired) electrons. The number of rotatable bonds is 4. The molecule has 21 heavy (non-hydrogen) atoms. The van der Waals surface area contributed by atoms with Gasteiger partial charge in [-0.25, -0.2) is 13.1 Å². The first-order valence-electron chi connectivity index (χ1n) is 6.75. The summed E-state index contributed by atoms with van der Waals surface area (Å²) in [4.78, 5) is 0.270. The van der Waals surface area contributed by atoms with Gasteiger partial charge < -0.3 is 5.73 Å². The van der Waals surface area contributed by atoms with E-state index in [1.165, 1.54) is 0 Å². The maximum absolute atomic E-state index is 12.4. The third-order valence-corrected chi connectivity index (χ3v) is 5.12. The monoisotopic (exact) mass is 304 g/mol. The summed E-state index contributed by atoms with van der Waals surface area (Å²) in [7, 11) is -3.57. The third kappa shape index (κ3) is 3.43. The lowest BCUT2D eigenvalue weighted by molar-refractivity contribution is 0.567. The highest BCUT2D eigenvalue weighted by atomic mass is 32.2. The van der Waals surface area contributed by atoms with Crippen LogP contribution in [-0.2, 0) is 10.0 Å². The SMILES string of the molecule is Cc1ccc(S(=O)(=O)NC(C)c2ccccc2N)cc1C. The molecule has 0 saturated heterocycles. The van der Waals surface area contributed by atoms with Crippen LogP contribution in [0.25, 0.3) is 0 Å². The van der Waals surface area contributed by atoms with Gasteiger partial charge in [-0.05, 0) is 55.7 Å². The van der Waals surface area contributed by atoms with E-state index in [-0.39, 0.29) is 4.90 Å². The number of para-hydroxylation sites is 1. The van der Waals surface area contributed by atoms with Crippen molar-refractivity contribution in [1.82, 2.24) is 4.72 Å². The van der Waals surface area contributed by atoms with Gasteiger partial charge in [0.05, 0.1) is 4.90 Å². The predicted molar refractivity (Wildman–Crippen MR) is 85.5 cm³/mol. The summed E-state index contributed by atoms with van der Waals surface area (Å²) in [5, 5.41) is 0. The molecule has 0 aliphatic carbocycles. The number of nitrogens with two attached hydrogens (primary N) is 1. The third-order valence-electron chi connectivity index (χ3n) is 3.58. The summed E-state index contributed by atoms with van der Waals surface area (Å²) >= 11 is 0. The lowest BCUT2D eigenvalue weighted by atomic mass is 10.1. The normalized spacial score (nSPS) is 13.1. The summed E-state index contributed by atoms with van der Waals surface area (Å²) in [6, 6.07) is 12.0. The van der Waals surface area contributed by atoms with Gasteiger partial charge in [-0.2, -0.15) is 0 Å². The first kappa shape index (κ1) is 15.5. The molecule has 5 heteroatoms. The molecule has 2 aromatic rings. The van der Waals surface area contributed by atoms with Crippen LogP contribution in [0.2, 0.25) is 0 Å².